The maximum Gasteiger partial charge on any atom is 0.257 e. The summed E-state index contributed by atoms with van der Waals surface area (Å²) < 4.78 is 10.5. The lowest BCUT2D eigenvalue weighted by molar-refractivity contribution is 0.0568. The fraction of sp³-hybridized carbons (Fsp3) is 0.562. The summed E-state index contributed by atoms with van der Waals surface area (Å²) in [4.78, 5) is 17.2. The van der Waals surface area contributed by atoms with E-state index in [0.717, 1.165) is 19.6 Å². The Morgan fingerprint density at radius 3 is 2.81 bits per heavy atom. The molecule has 5 heteroatoms. The first-order chi connectivity index (χ1) is 10.2. The maximum atomic E-state index is 12.8. The van der Waals surface area contributed by atoms with Crippen molar-refractivity contribution < 1.29 is 14.3 Å². The number of fused-ring (bicyclic) bond motifs is 1. The van der Waals surface area contributed by atoms with E-state index in [4.69, 9.17) is 9.47 Å². The van der Waals surface area contributed by atoms with Gasteiger partial charge in [0.2, 0.25) is 0 Å². The van der Waals surface area contributed by atoms with Gasteiger partial charge in [-0.15, -0.1) is 0 Å². The van der Waals surface area contributed by atoms with Crippen LogP contribution in [0.3, 0.4) is 0 Å². The second kappa shape index (κ2) is 5.93. The average molecular weight is 290 g/mol. The number of amides is 1. The zero-order valence-corrected chi connectivity index (χ0v) is 12.7. The van der Waals surface area contributed by atoms with Crippen LogP contribution < -0.4 is 9.47 Å². The largest absolute Gasteiger partial charge is 0.497 e. The van der Waals surface area contributed by atoms with E-state index in [2.05, 4.69) is 4.90 Å². The van der Waals surface area contributed by atoms with Crippen LogP contribution in [0.25, 0.3) is 0 Å². The van der Waals surface area contributed by atoms with Crippen LogP contribution >= 0.6 is 0 Å². The normalized spacial score (nSPS) is 22.0. The number of methoxy groups -OCH3 is 2. The molecule has 2 aliphatic heterocycles. The predicted octanol–water partition coefficient (Wildman–Crippen LogP) is 1.62. The minimum absolute atomic E-state index is 0.0565. The molecule has 21 heavy (non-hydrogen) atoms. The van der Waals surface area contributed by atoms with Gasteiger partial charge in [-0.1, -0.05) is 0 Å². The van der Waals surface area contributed by atoms with E-state index in [0.29, 0.717) is 23.1 Å². The molecule has 2 saturated heterocycles. The molecular weight excluding hydrogens is 268 g/mol. The number of ether oxygens (including phenoxy) is 2. The first-order valence-corrected chi connectivity index (χ1v) is 7.48. The smallest absolute Gasteiger partial charge is 0.257 e. The molecule has 1 aromatic carbocycles. The third-order valence-electron chi connectivity index (χ3n) is 4.51. The van der Waals surface area contributed by atoms with Crippen LogP contribution in [-0.2, 0) is 0 Å². The Balaban J connectivity index is 1.78. The molecule has 0 N–H and O–H groups in total. The van der Waals surface area contributed by atoms with E-state index in [-0.39, 0.29) is 5.91 Å². The summed E-state index contributed by atoms with van der Waals surface area (Å²) in [6.07, 6.45) is 2.45. The van der Waals surface area contributed by atoms with Gasteiger partial charge in [0, 0.05) is 31.7 Å². The molecule has 1 amide bonds. The molecular formula is C16H22N2O3. The molecule has 0 aromatic heterocycles. The minimum atomic E-state index is 0.0565. The van der Waals surface area contributed by atoms with Crippen molar-refractivity contribution in [1.29, 1.82) is 0 Å². The number of hydrogen-bond donors (Lipinski definition) is 0. The molecule has 2 fully saturated rings. The number of hydrogen-bond acceptors (Lipinski definition) is 4. The summed E-state index contributed by atoms with van der Waals surface area (Å²) in [5, 5.41) is 0. The van der Waals surface area contributed by atoms with Gasteiger partial charge in [-0.25, -0.2) is 0 Å². The third kappa shape index (κ3) is 2.70. The monoisotopic (exact) mass is 290 g/mol. The number of carbonyl (C=O) groups excluding carboxylic acids is 1. The Kier molecular flexibility index (Phi) is 4.01. The SMILES string of the molecule is COc1ccc(C(=O)N2CCN3CCC[C@@H]3C2)c(OC)c1. The minimum Gasteiger partial charge on any atom is -0.497 e. The lowest BCUT2D eigenvalue weighted by Gasteiger charge is -2.37. The van der Waals surface area contributed by atoms with Gasteiger partial charge < -0.3 is 14.4 Å². The number of rotatable bonds is 3. The van der Waals surface area contributed by atoms with Gasteiger partial charge in [-0.2, -0.15) is 0 Å². The number of carbonyl (C=O) groups is 1. The fourth-order valence-corrected chi connectivity index (χ4v) is 3.32. The molecule has 0 unspecified atom stereocenters. The summed E-state index contributed by atoms with van der Waals surface area (Å²) in [6, 6.07) is 5.90. The molecule has 1 aromatic rings. The topological polar surface area (TPSA) is 42.0 Å². The molecule has 114 valence electrons. The highest BCUT2D eigenvalue weighted by Gasteiger charge is 2.33. The van der Waals surface area contributed by atoms with Crippen molar-refractivity contribution in [2.45, 2.75) is 18.9 Å². The van der Waals surface area contributed by atoms with E-state index in [1.165, 1.54) is 19.4 Å². The van der Waals surface area contributed by atoms with Crippen molar-refractivity contribution in [3.05, 3.63) is 23.8 Å². The van der Waals surface area contributed by atoms with E-state index < -0.39 is 0 Å². The second-order valence-electron chi connectivity index (χ2n) is 5.65. The molecule has 5 nitrogen and oxygen atoms in total. The zero-order valence-electron chi connectivity index (χ0n) is 12.7. The quantitative estimate of drug-likeness (QED) is 0.848. The number of piperazine rings is 1. The number of benzene rings is 1. The first kappa shape index (κ1) is 14.2. The van der Waals surface area contributed by atoms with Gasteiger partial charge in [0.15, 0.2) is 0 Å². The molecule has 0 radical (unpaired) electrons. The average Bonchev–Trinajstić information content (AvgIpc) is 3.01. The Labute approximate surface area is 125 Å². The maximum absolute atomic E-state index is 12.8. The van der Waals surface area contributed by atoms with Crippen molar-refractivity contribution in [2.75, 3.05) is 40.4 Å². The van der Waals surface area contributed by atoms with Crippen molar-refractivity contribution in [3.63, 3.8) is 0 Å². The molecule has 0 aliphatic carbocycles. The van der Waals surface area contributed by atoms with Crippen molar-refractivity contribution in [3.8, 4) is 11.5 Å². The van der Waals surface area contributed by atoms with Gasteiger partial charge in [0.25, 0.3) is 5.91 Å². The highest BCUT2D eigenvalue weighted by Crippen LogP contribution is 2.28. The fourth-order valence-electron chi connectivity index (χ4n) is 3.32. The van der Waals surface area contributed by atoms with Gasteiger partial charge >= 0.3 is 0 Å². The highest BCUT2D eigenvalue weighted by molar-refractivity contribution is 5.97. The summed E-state index contributed by atoms with van der Waals surface area (Å²) in [5.74, 6) is 1.33. The van der Waals surface area contributed by atoms with Crippen LogP contribution in [0, 0.1) is 0 Å². The molecule has 2 aliphatic rings. The summed E-state index contributed by atoms with van der Waals surface area (Å²) in [6.45, 7) is 3.78. The molecule has 0 bridgehead atoms. The molecule has 3 rings (SSSR count). The second-order valence-corrected chi connectivity index (χ2v) is 5.65. The van der Waals surface area contributed by atoms with E-state index in [9.17, 15) is 4.79 Å². The van der Waals surface area contributed by atoms with Crippen molar-refractivity contribution >= 4 is 5.91 Å². The van der Waals surface area contributed by atoms with E-state index >= 15 is 0 Å². The first-order valence-electron chi connectivity index (χ1n) is 7.48. The molecule has 2 heterocycles. The Morgan fingerprint density at radius 2 is 2.05 bits per heavy atom. The van der Waals surface area contributed by atoms with Crippen LogP contribution in [0.1, 0.15) is 23.2 Å². The standard InChI is InChI=1S/C16H22N2O3/c1-20-13-5-6-14(15(10-13)21-2)16(19)18-9-8-17-7-3-4-12(17)11-18/h5-6,10,12H,3-4,7-9,11H2,1-2H3/t12-/m1/s1. The van der Waals surface area contributed by atoms with Gasteiger partial charge in [-0.05, 0) is 31.5 Å². The lowest BCUT2D eigenvalue weighted by Crippen LogP contribution is -2.52. The molecule has 0 saturated carbocycles. The summed E-state index contributed by atoms with van der Waals surface area (Å²) >= 11 is 0. The van der Waals surface area contributed by atoms with Gasteiger partial charge in [0.1, 0.15) is 11.5 Å². The van der Waals surface area contributed by atoms with E-state index in [1.807, 2.05) is 11.0 Å². The van der Waals surface area contributed by atoms with Crippen molar-refractivity contribution in [2.24, 2.45) is 0 Å². The third-order valence-corrected chi connectivity index (χ3v) is 4.51. The number of nitrogens with zero attached hydrogens (tertiary/aromatic N) is 2. The van der Waals surface area contributed by atoms with Gasteiger partial charge in [-0.3, -0.25) is 9.69 Å². The lowest BCUT2D eigenvalue weighted by atomic mass is 10.1. The van der Waals surface area contributed by atoms with E-state index in [1.54, 1.807) is 26.4 Å². The molecule has 1 atom stereocenters. The summed E-state index contributed by atoms with van der Waals surface area (Å²) in [5.41, 5.74) is 0.616. The summed E-state index contributed by atoms with van der Waals surface area (Å²) in [7, 11) is 3.19. The Bertz CT molecular complexity index is 532. The molecule has 0 spiro atoms. The predicted molar refractivity (Wildman–Crippen MR) is 80.0 cm³/mol. The zero-order chi connectivity index (χ0) is 14.8. The van der Waals surface area contributed by atoms with Crippen LogP contribution in [0.15, 0.2) is 18.2 Å². The van der Waals surface area contributed by atoms with Crippen LogP contribution in [0.5, 0.6) is 11.5 Å². The van der Waals surface area contributed by atoms with Gasteiger partial charge in [0.05, 0.1) is 19.8 Å². The van der Waals surface area contributed by atoms with Crippen LogP contribution in [0.4, 0.5) is 0 Å². The Morgan fingerprint density at radius 1 is 1.19 bits per heavy atom. The highest BCUT2D eigenvalue weighted by atomic mass is 16.5. The van der Waals surface area contributed by atoms with Crippen molar-refractivity contribution in [1.82, 2.24) is 9.80 Å². The Hall–Kier alpha value is -1.75. The van der Waals surface area contributed by atoms with Crippen LogP contribution in [0.2, 0.25) is 0 Å². The van der Waals surface area contributed by atoms with Crippen LogP contribution in [-0.4, -0.2) is 62.1 Å².